The molecule has 0 aromatic heterocycles. The molecule has 0 spiro atoms. The highest BCUT2D eigenvalue weighted by atomic mass is 35.5. The fourth-order valence-corrected chi connectivity index (χ4v) is 2.55. The van der Waals surface area contributed by atoms with Gasteiger partial charge in [0, 0.05) is 6.07 Å². The van der Waals surface area contributed by atoms with Gasteiger partial charge in [0.1, 0.15) is 12.4 Å². The first-order valence-corrected chi connectivity index (χ1v) is 7.49. The molecule has 0 amide bonds. The number of hydrogen-bond donors (Lipinski definition) is 1. The van der Waals surface area contributed by atoms with E-state index >= 15 is 0 Å². The third-order valence-corrected chi connectivity index (χ3v) is 3.76. The fourth-order valence-electron chi connectivity index (χ4n) is 2.32. The van der Waals surface area contributed by atoms with Crippen LogP contribution in [0.3, 0.4) is 0 Å². The Morgan fingerprint density at radius 3 is 2.57 bits per heavy atom. The van der Waals surface area contributed by atoms with E-state index in [2.05, 4.69) is 0 Å². The van der Waals surface area contributed by atoms with E-state index in [-0.39, 0.29) is 10.6 Å². The Labute approximate surface area is 138 Å². The van der Waals surface area contributed by atoms with Gasteiger partial charge in [0.2, 0.25) is 0 Å². The number of hydrogen-bond acceptors (Lipinski definition) is 4. The first-order valence-electron chi connectivity index (χ1n) is 7.12. The molecule has 6 heteroatoms. The lowest BCUT2D eigenvalue weighted by atomic mass is 10.1. The lowest BCUT2D eigenvalue weighted by Gasteiger charge is -2.17. The number of rotatable bonds is 5. The monoisotopic (exact) mass is 334 g/mol. The zero-order chi connectivity index (χ0) is 16.2. The van der Waals surface area contributed by atoms with Crippen LogP contribution >= 0.6 is 11.6 Å². The molecule has 0 radical (unpaired) electrons. The quantitative estimate of drug-likeness (QED) is 0.904. The number of benzene rings is 2. The van der Waals surface area contributed by atoms with Crippen LogP contribution in [-0.4, -0.2) is 24.3 Å². The van der Waals surface area contributed by atoms with Crippen molar-refractivity contribution in [3.63, 3.8) is 0 Å². The van der Waals surface area contributed by atoms with Gasteiger partial charge < -0.3 is 19.3 Å². The SMILES string of the molecule is O=C(O)c1cc(C2OCCO2)c(OCc2ccccc2)cc1Cl. The van der Waals surface area contributed by atoms with Crippen molar-refractivity contribution in [3.8, 4) is 5.75 Å². The summed E-state index contributed by atoms with van der Waals surface area (Å²) in [4.78, 5) is 11.3. The summed E-state index contributed by atoms with van der Waals surface area (Å²) in [5, 5.41) is 9.34. The molecule has 120 valence electrons. The molecule has 1 N–H and O–H groups in total. The number of carboxylic acid groups (broad SMARTS) is 1. The molecule has 1 heterocycles. The summed E-state index contributed by atoms with van der Waals surface area (Å²) >= 11 is 6.04. The van der Waals surface area contributed by atoms with Gasteiger partial charge in [-0.2, -0.15) is 0 Å². The first kappa shape index (κ1) is 15.8. The first-order chi connectivity index (χ1) is 11.1. The summed E-state index contributed by atoms with van der Waals surface area (Å²) < 4.78 is 16.7. The average Bonchev–Trinajstić information content (AvgIpc) is 3.08. The number of ether oxygens (including phenoxy) is 3. The van der Waals surface area contributed by atoms with Crippen molar-refractivity contribution in [3.05, 3.63) is 64.2 Å². The summed E-state index contributed by atoms with van der Waals surface area (Å²) in [5.74, 6) is -0.653. The van der Waals surface area contributed by atoms with Gasteiger partial charge in [0.15, 0.2) is 6.29 Å². The third kappa shape index (κ3) is 3.64. The van der Waals surface area contributed by atoms with Gasteiger partial charge in [-0.15, -0.1) is 0 Å². The molecule has 1 saturated heterocycles. The number of carbonyl (C=O) groups is 1. The summed E-state index contributed by atoms with van der Waals surface area (Å²) in [6.07, 6.45) is -0.642. The molecule has 0 unspecified atom stereocenters. The highest BCUT2D eigenvalue weighted by Gasteiger charge is 2.25. The zero-order valence-electron chi connectivity index (χ0n) is 12.2. The molecule has 2 aromatic rings. The second kappa shape index (κ2) is 7.00. The molecule has 1 aliphatic heterocycles. The Morgan fingerprint density at radius 1 is 1.22 bits per heavy atom. The van der Waals surface area contributed by atoms with Crippen LogP contribution in [0.1, 0.15) is 27.8 Å². The maximum Gasteiger partial charge on any atom is 0.337 e. The summed E-state index contributed by atoms with van der Waals surface area (Å²) in [7, 11) is 0. The van der Waals surface area contributed by atoms with Gasteiger partial charge in [-0.25, -0.2) is 4.79 Å². The Bertz CT molecular complexity index is 696. The third-order valence-electron chi connectivity index (χ3n) is 3.44. The number of aromatic carboxylic acids is 1. The van der Waals surface area contributed by atoms with Crippen LogP contribution in [0.5, 0.6) is 5.75 Å². The largest absolute Gasteiger partial charge is 0.488 e. The summed E-state index contributed by atoms with van der Waals surface area (Å²) in [6.45, 7) is 1.24. The minimum Gasteiger partial charge on any atom is -0.488 e. The van der Waals surface area contributed by atoms with E-state index in [0.717, 1.165) is 5.56 Å². The van der Waals surface area contributed by atoms with Crippen molar-refractivity contribution in [1.29, 1.82) is 0 Å². The van der Waals surface area contributed by atoms with Gasteiger partial charge in [-0.05, 0) is 11.6 Å². The fraction of sp³-hybridized carbons (Fsp3) is 0.235. The average molecular weight is 335 g/mol. The summed E-state index contributed by atoms with van der Waals surface area (Å²) in [6, 6.07) is 12.6. The second-order valence-electron chi connectivity index (χ2n) is 5.02. The lowest BCUT2D eigenvalue weighted by molar-refractivity contribution is -0.0459. The zero-order valence-corrected chi connectivity index (χ0v) is 13.0. The van der Waals surface area contributed by atoms with Gasteiger partial charge in [0.05, 0.1) is 29.4 Å². The van der Waals surface area contributed by atoms with E-state index < -0.39 is 12.3 Å². The highest BCUT2D eigenvalue weighted by Crippen LogP contribution is 2.36. The molecule has 0 bridgehead atoms. The van der Waals surface area contributed by atoms with Gasteiger partial charge in [0.25, 0.3) is 0 Å². The van der Waals surface area contributed by atoms with Crippen LogP contribution in [0, 0.1) is 0 Å². The van der Waals surface area contributed by atoms with E-state index in [4.69, 9.17) is 25.8 Å². The number of carboxylic acids is 1. The molecular weight excluding hydrogens is 320 g/mol. The van der Waals surface area contributed by atoms with Crippen molar-refractivity contribution in [2.24, 2.45) is 0 Å². The predicted octanol–water partition coefficient (Wildman–Crippen LogP) is 3.66. The van der Waals surface area contributed by atoms with Crippen LogP contribution in [0.4, 0.5) is 0 Å². The van der Waals surface area contributed by atoms with Crippen LogP contribution < -0.4 is 4.74 Å². The van der Waals surface area contributed by atoms with Crippen LogP contribution in [0.2, 0.25) is 5.02 Å². The van der Waals surface area contributed by atoms with Gasteiger partial charge in [-0.3, -0.25) is 0 Å². The molecule has 5 nitrogen and oxygen atoms in total. The van der Waals surface area contributed by atoms with Crippen molar-refractivity contribution < 1.29 is 24.1 Å². The van der Waals surface area contributed by atoms with E-state index in [1.807, 2.05) is 30.3 Å². The maximum absolute atomic E-state index is 11.3. The van der Waals surface area contributed by atoms with E-state index in [1.165, 1.54) is 12.1 Å². The van der Waals surface area contributed by atoms with Gasteiger partial charge >= 0.3 is 5.97 Å². The minimum atomic E-state index is -1.11. The van der Waals surface area contributed by atoms with Crippen LogP contribution in [0.15, 0.2) is 42.5 Å². The minimum absolute atomic E-state index is 0.00664. The lowest BCUT2D eigenvalue weighted by Crippen LogP contribution is -2.07. The maximum atomic E-state index is 11.3. The van der Waals surface area contributed by atoms with Gasteiger partial charge in [-0.1, -0.05) is 41.9 Å². The molecule has 23 heavy (non-hydrogen) atoms. The molecule has 1 aliphatic rings. The topological polar surface area (TPSA) is 65.0 Å². The van der Waals surface area contributed by atoms with Crippen LogP contribution in [0.25, 0.3) is 0 Å². The Hall–Kier alpha value is -2.08. The molecule has 0 saturated carbocycles. The molecular formula is C17H15ClO5. The standard InChI is InChI=1S/C17H15ClO5/c18-14-9-15(23-10-11-4-2-1-3-5-11)13(8-12(14)16(19)20)17-21-6-7-22-17/h1-5,8-9,17H,6-7,10H2,(H,19,20). The normalized spacial score (nSPS) is 14.8. The summed E-state index contributed by atoms with van der Waals surface area (Å²) in [5.41, 5.74) is 1.51. The molecule has 3 rings (SSSR count). The number of halogens is 1. The van der Waals surface area contributed by atoms with Crippen molar-refractivity contribution >= 4 is 17.6 Å². The Balaban J connectivity index is 1.90. The van der Waals surface area contributed by atoms with Crippen molar-refractivity contribution in [1.82, 2.24) is 0 Å². The highest BCUT2D eigenvalue weighted by molar-refractivity contribution is 6.33. The molecule has 2 aromatic carbocycles. The molecule has 0 aliphatic carbocycles. The Morgan fingerprint density at radius 2 is 1.91 bits per heavy atom. The van der Waals surface area contributed by atoms with E-state index in [9.17, 15) is 9.90 Å². The molecule has 0 atom stereocenters. The van der Waals surface area contributed by atoms with Crippen molar-refractivity contribution in [2.45, 2.75) is 12.9 Å². The molecule has 1 fully saturated rings. The second-order valence-corrected chi connectivity index (χ2v) is 5.43. The predicted molar refractivity (Wildman–Crippen MR) is 83.8 cm³/mol. The smallest absolute Gasteiger partial charge is 0.337 e. The van der Waals surface area contributed by atoms with Crippen LogP contribution in [-0.2, 0) is 16.1 Å². The van der Waals surface area contributed by atoms with Crippen molar-refractivity contribution in [2.75, 3.05) is 13.2 Å². The Kier molecular flexibility index (Phi) is 4.81. The van der Waals surface area contributed by atoms with E-state index in [1.54, 1.807) is 0 Å². The van der Waals surface area contributed by atoms with E-state index in [0.29, 0.717) is 31.1 Å².